The smallest absolute Gasteiger partial charge is 0.260 e. The summed E-state index contributed by atoms with van der Waals surface area (Å²) in [5, 5.41) is 12.5. The Hall–Kier alpha value is -2.51. The number of rotatable bonds is 5. The standard InChI is InChI=1S/C22H21ClF2N2O3/c1-22(2,30)19(11-6-7-11)27-10-12-4-3-5-15(16(12)21(27)29)26-20(28)17-13(24)8-9-14(25)18(17)23/h3-5,8-9,11,19,30H,6-7,10H2,1-2H3,(H,26,28). The average molecular weight is 435 g/mol. The van der Waals surface area contributed by atoms with Gasteiger partial charge in [0.2, 0.25) is 0 Å². The molecule has 0 saturated heterocycles. The summed E-state index contributed by atoms with van der Waals surface area (Å²) >= 11 is 5.78. The van der Waals surface area contributed by atoms with E-state index in [4.69, 9.17) is 11.6 Å². The van der Waals surface area contributed by atoms with Gasteiger partial charge in [-0.3, -0.25) is 9.59 Å². The molecule has 0 radical (unpaired) electrons. The average Bonchev–Trinajstić information content (AvgIpc) is 3.42. The van der Waals surface area contributed by atoms with Crippen LogP contribution in [0.25, 0.3) is 0 Å². The number of hydrogen-bond acceptors (Lipinski definition) is 3. The molecule has 1 aliphatic carbocycles. The predicted octanol–water partition coefficient (Wildman–Crippen LogP) is 4.38. The number of aliphatic hydroxyl groups is 1. The Morgan fingerprint density at radius 2 is 1.90 bits per heavy atom. The van der Waals surface area contributed by atoms with E-state index in [0.29, 0.717) is 12.1 Å². The van der Waals surface area contributed by atoms with Crippen molar-refractivity contribution in [2.45, 2.75) is 44.9 Å². The summed E-state index contributed by atoms with van der Waals surface area (Å²) in [6, 6.07) is 6.28. The van der Waals surface area contributed by atoms with Crippen molar-refractivity contribution >= 4 is 29.1 Å². The SMILES string of the molecule is CC(C)(O)C(C1CC1)N1Cc2cccc(NC(=O)c3c(F)ccc(F)c3Cl)c2C1=O. The summed E-state index contributed by atoms with van der Waals surface area (Å²) in [7, 11) is 0. The van der Waals surface area contributed by atoms with Gasteiger partial charge in [0, 0.05) is 6.54 Å². The summed E-state index contributed by atoms with van der Waals surface area (Å²) in [6.07, 6.45) is 1.88. The molecule has 0 bridgehead atoms. The van der Waals surface area contributed by atoms with Crippen molar-refractivity contribution in [1.82, 2.24) is 4.90 Å². The highest BCUT2D eigenvalue weighted by atomic mass is 35.5. The zero-order valence-corrected chi connectivity index (χ0v) is 17.3. The third-order valence-corrected chi connectivity index (χ3v) is 5.98. The van der Waals surface area contributed by atoms with Gasteiger partial charge in [0.25, 0.3) is 11.8 Å². The largest absolute Gasteiger partial charge is 0.388 e. The fourth-order valence-electron chi connectivity index (χ4n) is 4.26. The van der Waals surface area contributed by atoms with Gasteiger partial charge in [-0.1, -0.05) is 23.7 Å². The molecule has 2 aromatic carbocycles. The van der Waals surface area contributed by atoms with E-state index in [-0.39, 0.29) is 29.1 Å². The highest BCUT2D eigenvalue weighted by Crippen LogP contribution is 2.43. The van der Waals surface area contributed by atoms with E-state index in [1.165, 1.54) is 6.07 Å². The molecule has 30 heavy (non-hydrogen) atoms. The van der Waals surface area contributed by atoms with Gasteiger partial charge < -0.3 is 15.3 Å². The van der Waals surface area contributed by atoms with E-state index in [9.17, 15) is 23.5 Å². The molecule has 2 aliphatic rings. The Bertz CT molecular complexity index is 1050. The minimum absolute atomic E-state index is 0.190. The van der Waals surface area contributed by atoms with Crippen LogP contribution >= 0.6 is 11.6 Å². The molecular formula is C22H21ClF2N2O3. The maximum atomic E-state index is 14.1. The van der Waals surface area contributed by atoms with E-state index < -0.39 is 33.7 Å². The summed E-state index contributed by atoms with van der Waals surface area (Å²) < 4.78 is 27.8. The lowest BCUT2D eigenvalue weighted by molar-refractivity contribution is -0.0224. The van der Waals surface area contributed by atoms with Gasteiger partial charge in [-0.05, 0) is 56.4 Å². The zero-order valence-electron chi connectivity index (χ0n) is 16.5. The van der Waals surface area contributed by atoms with Crippen LogP contribution in [0.1, 0.15) is 53.0 Å². The van der Waals surface area contributed by atoms with E-state index >= 15 is 0 Å². The van der Waals surface area contributed by atoms with Crippen LogP contribution in [0.15, 0.2) is 30.3 Å². The fourth-order valence-corrected chi connectivity index (χ4v) is 4.50. The van der Waals surface area contributed by atoms with Gasteiger partial charge >= 0.3 is 0 Å². The molecule has 2 aromatic rings. The van der Waals surface area contributed by atoms with E-state index in [0.717, 1.165) is 25.0 Å². The Balaban J connectivity index is 1.66. The Kier molecular flexibility index (Phi) is 5.06. The molecule has 1 atom stereocenters. The first-order chi connectivity index (χ1) is 14.1. The molecular weight excluding hydrogens is 414 g/mol. The fraction of sp³-hybridized carbons (Fsp3) is 0.364. The van der Waals surface area contributed by atoms with Crippen molar-refractivity contribution in [2.75, 3.05) is 5.32 Å². The van der Waals surface area contributed by atoms with Crippen LogP contribution in [0.3, 0.4) is 0 Å². The second kappa shape index (κ2) is 7.32. The molecule has 1 unspecified atom stereocenters. The third kappa shape index (κ3) is 3.56. The highest BCUT2D eigenvalue weighted by Gasteiger charge is 2.48. The normalized spacial score (nSPS) is 17.1. The molecule has 5 nitrogen and oxygen atoms in total. The molecule has 1 aliphatic heterocycles. The van der Waals surface area contributed by atoms with E-state index in [1.54, 1.807) is 30.9 Å². The van der Waals surface area contributed by atoms with Crippen LogP contribution in [0.4, 0.5) is 14.5 Å². The van der Waals surface area contributed by atoms with Crippen molar-refractivity contribution in [1.29, 1.82) is 0 Å². The number of nitrogens with one attached hydrogen (secondary N) is 1. The van der Waals surface area contributed by atoms with Gasteiger partial charge in [-0.2, -0.15) is 0 Å². The van der Waals surface area contributed by atoms with Crippen LogP contribution in [-0.4, -0.2) is 33.5 Å². The number of hydrogen-bond donors (Lipinski definition) is 2. The van der Waals surface area contributed by atoms with Crippen molar-refractivity contribution in [3.63, 3.8) is 0 Å². The maximum Gasteiger partial charge on any atom is 0.260 e. The van der Waals surface area contributed by atoms with E-state index in [2.05, 4.69) is 5.32 Å². The van der Waals surface area contributed by atoms with Gasteiger partial charge in [-0.25, -0.2) is 8.78 Å². The quantitative estimate of drug-likeness (QED) is 0.686. The van der Waals surface area contributed by atoms with Crippen molar-refractivity contribution in [3.8, 4) is 0 Å². The van der Waals surface area contributed by atoms with Gasteiger partial charge in [-0.15, -0.1) is 0 Å². The lowest BCUT2D eigenvalue weighted by Crippen LogP contribution is -2.51. The molecule has 2 amide bonds. The molecule has 0 aromatic heterocycles. The molecule has 1 saturated carbocycles. The van der Waals surface area contributed by atoms with Crippen LogP contribution in [0.5, 0.6) is 0 Å². The van der Waals surface area contributed by atoms with Gasteiger partial charge in [0.15, 0.2) is 0 Å². The molecule has 1 heterocycles. The van der Waals surface area contributed by atoms with Crippen LogP contribution in [-0.2, 0) is 6.54 Å². The number of amides is 2. The maximum absolute atomic E-state index is 14.1. The van der Waals surface area contributed by atoms with Crippen LogP contribution in [0.2, 0.25) is 5.02 Å². The van der Waals surface area contributed by atoms with Crippen LogP contribution < -0.4 is 5.32 Å². The second-order valence-electron chi connectivity index (χ2n) is 8.38. The lowest BCUT2D eigenvalue weighted by atomic mass is 9.93. The topological polar surface area (TPSA) is 69.6 Å². The van der Waals surface area contributed by atoms with E-state index in [1.807, 2.05) is 0 Å². The predicted molar refractivity (Wildman–Crippen MR) is 108 cm³/mol. The number of halogens is 3. The van der Waals surface area contributed by atoms with Crippen molar-refractivity contribution in [3.05, 3.63) is 63.7 Å². The van der Waals surface area contributed by atoms with Crippen molar-refractivity contribution < 1.29 is 23.5 Å². The summed E-state index contributed by atoms with van der Waals surface area (Å²) in [4.78, 5) is 27.5. The Morgan fingerprint density at radius 1 is 1.23 bits per heavy atom. The van der Waals surface area contributed by atoms with Gasteiger partial charge in [0.05, 0.1) is 33.5 Å². The molecule has 0 spiro atoms. The Labute approximate surface area is 177 Å². The molecule has 1 fully saturated rings. The number of carbonyl (C=O) groups excluding carboxylic acids is 2. The summed E-state index contributed by atoms with van der Waals surface area (Å²) in [6.45, 7) is 3.67. The second-order valence-corrected chi connectivity index (χ2v) is 8.76. The third-order valence-electron chi connectivity index (χ3n) is 5.61. The minimum atomic E-state index is -1.08. The summed E-state index contributed by atoms with van der Waals surface area (Å²) in [5.41, 5.74) is -0.535. The Morgan fingerprint density at radius 3 is 2.53 bits per heavy atom. The first kappa shape index (κ1) is 20.8. The first-order valence-corrected chi connectivity index (χ1v) is 10.1. The monoisotopic (exact) mass is 434 g/mol. The molecule has 8 heteroatoms. The first-order valence-electron chi connectivity index (χ1n) is 9.69. The number of carbonyl (C=O) groups is 2. The lowest BCUT2D eigenvalue weighted by Gasteiger charge is -2.37. The number of anilines is 1. The van der Waals surface area contributed by atoms with Crippen molar-refractivity contribution in [2.24, 2.45) is 5.92 Å². The minimum Gasteiger partial charge on any atom is -0.388 e. The molecule has 2 N–H and O–H groups in total. The molecule has 158 valence electrons. The summed E-state index contributed by atoms with van der Waals surface area (Å²) in [5.74, 6) is -2.92. The zero-order chi connectivity index (χ0) is 21.8. The number of fused-ring (bicyclic) bond motifs is 1. The van der Waals surface area contributed by atoms with Gasteiger partial charge in [0.1, 0.15) is 11.6 Å². The molecule has 4 rings (SSSR count). The highest BCUT2D eigenvalue weighted by molar-refractivity contribution is 6.34. The van der Waals surface area contributed by atoms with Crippen LogP contribution in [0, 0.1) is 17.6 Å². The number of benzene rings is 2. The number of nitrogens with zero attached hydrogens (tertiary/aromatic N) is 1.